The number of ketones is 1. The second-order valence-electron chi connectivity index (χ2n) is 4.10. The lowest BCUT2D eigenvalue weighted by atomic mass is 9.66. The number of hydrogen-bond acceptors (Lipinski definition) is 1. The first-order chi connectivity index (χ1) is 4.88. The summed E-state index contributed by atoms with van der Waals surface area (Å²) in [5.74, 6) is 3.40. The summed E-state index contributed by atoms with van der Waals surface area (Å²) < 4.78 is 0. The Morgan fingerprint density at radius 3 is 1.70 bits per heavy atom. The molecule has 1 nitrogen and oxygen atoms in total. The quantitative estimate of drug-likeness (QED) is 0.494. The van der Waals surface area contributed by atoms with Gasteiger partial charge >= 0.3 is 0 Å². The summed E-state index contributed by atoms with van der Waals surface area (Å²) in [6.45, 7) is 0. The summed E-state index contributed by atoms with van der Waals surface area (Å²) in [7, 11) is 0. The minimum atomic E-state index is 0.531. The van der Waals surface area contributed by atoms with Gasteiger partial charge in [-0.2, -0.15) is 0 Å². The van der Waals surface area contributed by atoms with Gasteiger partial charge in [0, 0.05) is 11.8 Å². The van der Waals surface area contributed by atoms with Crippen molar-refractivity contribution in [3.63, 3.8) is 0 Å². The van der Waals surface area contributed by atoms with Gasteiger partial charge in [0.2, 0.25) is 0 Å². The van der Waals surface area contributed by atoms with Gasteiger partial charge in [0.25, 0.3) is 0 Å². The van der Waals surface area contributed by atoms with Crippen molar-refractivity contribution in [2.75, 3.05) is 0 Å². The molecule has 0 saturated heterocycles. The normalized spacial score (nSPS) is 56.6. The molecule has 0 spiro atoms. The van der Waals surface area contributed by atoms with Gasteiger partial charge in [-0.15, -0.1) is 0 Å². The molecule has 0 radical (unpaired) electrons. The molecule has 0 aromatic heterocycles. The van der Waals surface area contributed by atoms with E-state index in [0.717, 1.165) is 11.8 Å². The van der Waals surface area contributed by atoms with Crippen LogP contribution < -0.4 is 0 Å². The van der Waals surface area contributed by atoms with Gasteiger partial charge in [0.1, 0.15) is 5.78 Å². The molecule has 0 unspecified atom stereocenters. The summed E-state index contributed by atoms with van der Waals surface area (Å²) in [5, 5.41) is 0. The van der Waals surface area contributed by atoms with Crippen molar-refractivity contribution in [1.82, 2.24) is 0 Å². The lowest BCUT2D eigenvalue weighted by molar-refractivity contribution is -0.121. The van der Waals surface area contributed by atoms with E-state index in [-0.39, 0.29) is 0 Å². The van der Waals surface area contributed by atoms with Gasteiger partial charge in [0.05, 0.1) is 0 Å². The maximum Gasteiger partial charge on any atom is 0.139 e. The van der Waals surface area contributed by atoms with Crippen LogP contribution in [-0.2, 0) is 4.79 Å². The third-order valence-corrected chi connectivity index (χ3v) is 3.94. The van der Waals surface area contributed by atoms with Gasteiger partial charge in [-0.3, -0.25) is 4.79 Å². The van der Waals surface area contributed by atoms with E-state index in [1.54, 1.807) is 0 Å². The van der Waals surface area contributed by atoms with Crippen LogP contribution in [0.15, 0.2) is 0 Å². The third kappa shape index (κ3) is 0.388. The molecule has 3 saturated carbocycles. The van der Waals surface area contributed by atoms with Crippen LogP contribution in [-0.4, -0.2) is 5.78 Å². The summed E-state index contributed by atoms with van der Waals surface area (Å²) in [4.78, 5) is 11.4. The van der Waals surface area contributed by atoms with Crippen molar-refractivity contribution in [1.29, 1.82) is 0 Å². The predicted molar refractivity (Wildman–Crippen MR) is 37.4 cm³/mol. The molecule has 0 aromatic rings. The average Bonchev–Trinajstić information content (AvgIpc) is 2.21. The lowest BCUT2D eigenvalue weighted by Gasteiger charge is -2.38. The number of Topliss-reactive ketones (excluding diaryl/α,β-unsaturated/α-hetero) is 1. The highest BCUT2D eigenvalue weighted by Crippen LogP contribution is 2.58. The molecule has 0 N–H and O–H groups in total. The summed E-state index contributed by atoms with van der Waals surface area (Å²) in [6, 6.07) is 0. The molecule has 3 fully saturated rings. The van der Waals surface area contributed by atoms with Gasteiger partial charge in [0.15, 0.2) is 0 Å². The number of carbonyl (C=O) groups is 1. The lowest BCUT2D eigenvalue weighted by Crippen LogP contribution is -2.31. The second-order valence-corrected chi connectivity index (χ2v) is 4.10. The highest BCUT2D eigenvalue weighted by atomic mass is 16.1. The van der Waals surface area contributed by atoms with Crippen LogP contribution in [0.25, 0.3) is 0 Å². The van der Waals surface area contributed by atoms with Gasteiger partial charge in [-0.25, -0.2) is 0 Å². The Balaban J connectivity index is 2.02. The third-order valence-electron chi connectivity index (χ3n) is 3.94. The standard InChI is InChI=1S/C9H12O/c10-9-7-3-4-8(9)6-2-1-5(6)7/h5-8H,1-4H2/t5-,6+,7-,8+. The van der Waals surface area contributed by atoms with Crippen molar-refractivity contribution in [3.8, 4) is 0 Å². The first kappa shape index (κ1) is 5.34. The Kier molecular flexibility index (Phi) is 0.781. The minimum Gasteiger partial charge on any atom is -0.299 e. The minimum absolute atomic E-state index is 0.531. The maximum absolute atomic E-state index is 11.4. The number of fused-ring (bicyclic) bond motifs is 5. The van der Waals surface area contributed by atoms with Crippen molar-refractivity contribution in [2.45, 2.75) is 25.7 Å². The molecule has 54 valence electrons. The van der Waals surface area contributed by atoms with E-state index in [1.807, 2.05) is 0 Å². The van der Waals surface area contributed by atoms with Crippen molar-refractivity contribution < 1.29 is 4.79 Å². The molecular weight excluding hydrogens is 124 g/mol. The smallest absolute Gasteiger partial charge is 0.139 e. The van der Waals surface area contributed by atoms with Gasteiger partial charge in [-0.1, -0.05) is 0 Å². The predicted octanol–water partition coefficient (Wildman–Crippen LogP) is 1.62. The van der Waals surface area contributed by atoms with Crippen molar-refractivity contribution in [2.24, 2.45) is 23.7 Å². The van der Waals surface area contributed by atoms with Crippen LogP contribution in [0.1, 0.15) is 25.7 Å². The molecule has 4 atom stereocenters. The highest BCUT2D eigenvalue weighted by molar-refractivity contribution is 5.88. The van der Waals surface area contributed by atoms with Crippen LogP contribution in [0.5, 0.6) is 0 Å². The Hall–Kier alpha value is -0.330. The van der Waals surface area contributed by atoms with E-state index < -0.39 is 0 Å². The largest absolute Gasteiger partial charge is 0.299 e. The van der Waals surface area contributed by atoms with Crippen molar-refractivity contribution in [3.05, 3.63) is 0 Å². The summed E-state index contributed by atoms with van der Waals surface area (Å²) in [5.41, 5.74) is 0. The van der Waals surface area contributed by atoms with Crippen LogP contribution >= 0.6 is 0 Å². The molecule has 0 amide bonds. The van der Waals surface area contributed by atoms with Crippen LogP contribution in [0, 0.1) is 23.7 Å². The van der Waals surface area contributed by atoms with E-state index in [9.17, 15) is 4.79 Å². The topological polar surface area (TPSA) is 17.1 Å². The molecule has 3 aliphatic rings. The van der Waals surface area contributed by atoms with E-state index in [1.165, 1.54) is 25.7 Å². The molecule has 0 aliphatic heterocycles. The molecule has 10 heavy (non-hydrogen) atoms. The fraction of sp³-hybridized carbons (Fsp3) is 0.889. The zero-order chi connectivity index (χ0) is 6.72. The van der Waals surface area contributed by atoms with Crippen LogP contribution in [0.4, 0.5) is 0 Å². The zero-order valence-corrected chi connectivity index (χ0v) is 6.05. The Morgan fingerprint density at radius 1 is 0.900 bits per heavy atom. The van der Waals surface area contributed by atoms with Gasteiger partial charge < -0.3 is 0 Å². The Morgan fingerprint density at radius 2 is 1.40 bits per heavy atom. The molecule has 3 aliphatic carbocycles. The van der Waals surface area contributed by atoms with E-state index in [4.69, 9.17) is 0 Å². The van der Waals surface area contributed by atoms with Gasteiger partial charge in [-0.05, 0) is 37.5 Å². The van der Waals surface area contributed by atoms with E-state index >= 15 is 0 Å². The first-order valence-electron chi connectivity index (χ1n) is 4.41. The molecule has 2 bridgehead atoms. The van der Waals surface area contributed by atoms with E-state index in [0.29, 0.717) is 17.6 Å². The maximum atomic E-state index is 11.4. The average molecular weight is 136 g/mol. The summed E-state index contributed by atoms with van der Waals surface area (Å²) >= 11 is 0. The molecule has 0 heterocycles. The van der Waals surface area contributed by atoms with Crippen molar-refractivity contribution >= 4 is 5.78 Å². The second kappa shape index (κ2) is 1.46. The Labute approximate surface area is 60.8 Å². The molecule has 3 rings (SSSR count). The van der Waals surface area contributed by atoms with Crippen LogP contribution in [0.3, 0.4) is 0 Å². The zero-order valence-electron chi connectivity index (χ0n) is 6.05. The van der Waals surface area contributed by atoms with E-state index in [2.05, 4.69) is 0 Å². The molecule has 0 aromatic carbocycles. The summed E-state index contributed by atoms with van der Waals surface area (Å²) in [6.07, 6.45) is 5.17. The molecular formula is C9H12O. The number of hydrogen-bond donors (Lipinski definition) is 0. The highest BCUT2D eigenvalue weighted by Gasteiger charge is 2.57. The number of rotatable bonds is 0. The fourth-order valence-corrected chi connectivity index (χ4v) is 3.32. The van der Waals surface area contributed by atoms with Crippen LogP contribution in [0.2, 0.25) is 0 Å². The molecule has 1 heteroatoms. The fourth-order valence-electron chi connectivity index (χ4n) is 3.32. The monoisotopic (exact) mass is 136 g/mol. The Bertz CT molecular complexity index is 177. The SMILES string of the molecule is O=C1[C@H]2CC[C@@H]1[C@@H]1CC[C@@H]12. The first-order valence-corrected chi connectivity index (χ1v) is 4.41. The number of carbonyl (C=O) groups excluding carboxylic acids is 1.